The monoisotopic (exact) mass is 359 g/mol. The number of aliphatic hydroxyl groups is 1. The zero-order valence-electron chi connectivity index (χ0n) is 14.4. The molecule has 0 fully saturated rings. The average molecular weight is 359 g/mol. The molecule has 0 radical (unpaired) electrons. The molecule has 0 saturated heterocycles. The number of fused-ring (bicyclic) bond motifs is 1. The lowest BCUT2D eigenvalue weighted by molar-refractivity contribution is -0.133. The third kappa shape index (κ3) is 2.28. The van der Waals surface area contributed by atoms with Crippen LogP contribution < -0.4 is 16.1 Å². The molecule has 1 aliphatic rings. The number of aromatic carboxylic acids is 1. The summed E-state index contributed by atoms with van der Waals surface area (Å²) in [6.45, 7) is 2.91. The van der Waals surface area contributed by atoms with E-state index in [2.05, 4.69) is 0 Å². The van der Waals surface area contributed by atoms with Crippen LogP contribution in [0.5, 0.6) is 0 Å². The van der Waals surface area contributed by atoms with Gasteiger partial charge in [-0.25, -0.2) is 9.59 Å². The molecule has 0 aliphatic carbocycles. The average Bonchev–Trinajstić information content (AvgIpc) is 2.76. The Bertz CT molecular complexity index is 1060. The van der Waals surface area contributed by atoms with Crippen LogP contribution in [0, 0.1) is 0 Å². The molecule has 136 valence electrons. The molecule has 9 heteroatoms. The zero-order chi connectivity index (χ0) is 19.4. The first-order chi connectivity index (χ1) is 12.1. The molecule has 1 aromatic carbocycles. The van der Waals surface area contributed by atoms with Gasteiger partial charge in [0.15, 0.2) is 5.60 Å². The van der Waals surface area contributed by atoms with Gasteiger partial charge in [-0.1, -0.05) is 0 Å². The summed E-state index contributed by atoms with van der Waals surface area (Å²) < 4.78 is 1.83. The van der Waals surface area contributed by atoms with E-state index in [9.17, 15) is 29.4 Å². The molecule has 1 atom stereocenters. The Balaban J connectivity index is 2.31. The Morgan fingerprint density at radius 2 is 1.88 bits per heavy atom. The van der Waals surface area contributed by atoms with Crippen molar-refractivity contribution in [2.45, 2.75) is 26.0 Å². The van der Waals surface area contributed by atoms with Crippen LogP contribution in [0.1, 0.15) is 29.8 Å². The van der Waals surface area contributed by atoms with E-state index in [4.69, 9.17) is 0 Å². The van der Waals surface area contributed by atoms with E-state index in [-0.39, 0.29) is 12.2 Å². The van der Waals surface area contributed by atoms with Crippen LogP contribution in [0.25, 0.3) is 5.69 Å². The molecule has 1 aliphatic heterocycles. The van der Waals surface area contributed by atoms with Crippen LogP contribution in [-0.2, 0) is 16.9 Å². The minimum absolute atomic E-state index is 0.00265. The molecule has 2 N–H and O–H groups in total. The van der Waals surface area contributed by atoms with Crippen molar-refractivity contribution in [3.63, 3.8) is 0 Å². The molecule has 2 aromatic rings. The van der Waals surface area contributed by atoms with Crippen molar-refractivity contribution in [3.05, 3.63) is 56.4 Å². The van der Waals surface area contributed by atoms with Gasteiger partial charge in [-0.15, -0.1) is 0 Å². The molecule has 3 rings (SSSR count). The summed E-state index contributed by atoms with van der Waals surface area (Å²) in [4.78, 5) is 49.5. The van der Waals surface area contributed by atoms with Gasteiger partial charge in [-0.3, -0.25) is 18.7 Å². The van der Waals surface area contributed by atoms with Crippen molar-refractivity contribution < 1.29 is 19.8 Å². The first kappa shape index (κ1) is 17.6. The van der Waals surface area contributed by atoms with Gasteiger partial charge in [-0.05, 0) is 32.0 Å². The molecule has 9 nitrogen and oxygen atoms in total. The number of anilines is 1. The molecular weight excluding hydrogens is 342 g/mol. The Morgan fingerprint density at radius 3 is 2.46 bits per heavy atom. The first-order valence-corrected chi connectivity index (χ1v) is 7.86. The van der Waals surface area contributed by atoms with Crippen LogP contribution in [0.3, 0.4) is 0 Å². The quantitative estimate of drug-likeness (QED) is 0.789. The summed E-state index contributed by atoms with van der Waals surface area (Å²) in [6, 6.07) is 4.51. The van der Waals surface area contributed by atoms with Crippen LogP contribution in [-0.4, -0.2) is 38.3 Å². The number of likely N-dealkylation sites (N-methyl/N-ethyl adjacent to an activating group) is 1. The number of carboxylic acids is 1. The van der Waals surface area contributed by atoms with Crippen molar-refractivity contribution in [1.29, 1.82) is 0 Å². The minimum Gasteiger partial charge on any atom is -0.477 e. The highest BCUT2D eigenvalue weighted by Gasteiger charge is 2.44. The second kappa shape index (κ2) is 5.67. The third-order valence-corrected chi connectivity index (χ3v) is 4.58. The summed E-state index contributed by atoms with van der Waals surface area (Å²) in [6.07, 6.45) is 0.954. The topological polar surface area (TPSA) is 122 Å². The summed E-state index contributed by atoms with van der Waals surface area (Å²) in [5.74, 6) is -1.96. The Morgan fingerprint density at radius 1 is 1.23 bits per heavy atom. The van der Waals surface area contributed by atoms with Gasteiger partial charge in [0.05, 0.1) is 11.4 Å². The van der Waals surface area contributed by atoms with E-state index >= 15 is 0 Å². The van der Waals surface area contributed by atoms with Gasteiger partial charge in [0, 0.05) is 25.4 Å². The number of amides is 1. The lowest BCUT2D eigenvalue weighted by Gasteiger charge is -2.16. The summed E-state index contributed by atoms with van der Waals surface area (Å²) >= 11 is 0. The van der Waals surface area contributed by atoms with E-state index < -0.39 is 34.3 Å². The Hall–Kier alpha value is -3.20. The van der Waals surface area contributed by atoms with Crippen LogP contribution >= 0.6 is 0 Å². The zero-order valence-corrected chi connectivity index (χ0v) is 14.4. The molecule has 0 bridgehead atoms. The fourth-order valence-corrected chi connectivity index (χ4v) is 3.12. The fourth-order valence-electron chi connectivity index (χ4n) is 3.12. The number of aromatic nitrogens is 2. The van der Waals surface area contributed by atoms with Gasteiger partial charge in [0.25, 0.3) is 11.5 Å². The van der Waals surface area contributed by atoms with Crippen LogP contribution in [0.2, 0.25) is 0 Å². The molecule has 26 heavy (non-hydrogen) atoms. The van der Waals surface area contributed by atoms with E-state index in [1.807, 2.05) is 0 Å². The number of carbonyl (C=O) groups excluding carboxylic acids is 1. The molecule has 2 heterocycles. The second-order valence-electron chi connectivity index (χ2n) is 6.19. The number of benzene rings is 1. The fraction of sp³-hybridized carbons (Fsp3) is 0.294. The lowest BCUT2D eigenvalue weighted by Crippen LogP contribution is -2.41. The van der Waals surface area contributed by atoms with Crippen molar-refractivity contribution in [2.75, 3.05) is 11.9 Å². The number of carbonyl (C=O) groups is 2. The molecule has 1 amide bonds. The van der Waals surface area contributed by atoms with Gasteiger partial charge in [0.1, 0.15) is 5.56 Å². The van der Waals surface area contributed by atoms with E-state index in [0.717, 1.165) is 15.3 Å². The minimum atomic E-state index is -1.77. The molecule has 0 spiro atoms. The smallest absolute Gasteiger partial charge is 0.342 e. The number of hydrogen-bond acceptors (Lipinski definition) is 5. The summed E-state index contributed by atoms with van der Waals surface area (Å²) in [7, 11) is 1.52. The van der Waals surface area contributed by atoms with Crippen molar-refractivity contribution >= 4 is 17.6 Å². The summed E-state index contributed by atoms with van der Waals surface area (Å²) in [5, 5.41) is 19.7. The number of carboxylic acid groups (broad SMARTS) is 1. The number of hydrogen-bond donors (Lipinski definition) is 2. The van der Waals surface area contributed by atoms with E-state index in [1.54, 1.807) is 13.0 Å². The highest BCUT2D eigenvalue weighted by molar-refractivity contribution is 6.06. The predicted octanol–water partition coefficient (Wildman–Crippen LogP) is -0.0988. The molecule has 1 aromatic heterocycles. The maximum absolute atomic E-state index is 12.6. The first-order valence-electron chi connectivity index (χ1n) is 7.86. The third-order valence-electron chi connectivity index (χ3n) is 4.58. The van der Waals surface area contributed by atoms with Gasteiger partial charge in [-0.2, -0.15) is 0 Å². The van der Waals surface area contributed by atoms with Crippen LogP contribution in [0.15, 0.2) is 34.0 Å². The van der Waals surface area contributed by atoms with Crippen molar-refractivity contribution in [2.24, 2.45) is 0 Å². The van der Waals surface area contributed by atoms with Gasteiger partial charge < -0.3 is 15.1 Å². The normalized spacial score (nSPS) is 18.9. The largest absolute Gasteiger partial charge is 0.477 e. The highest BCUT2D eigenvalue weighted by atomic mass is 16.4. The molecule has 0 saturated carbocycles. The van der Waals surface area contributed by atoms with E-state index in [0.29, 0.717) is 11.3 Å². The highest BCUT2D eigenvalue weighted by Crippen LogP contribution is 2.39. The molecular formula is C17H17N3O6. The maximum Gasteiger partial charge on any atom is 0.342 e. The SMILES string of the molecule is CCn1c(=O)c(C(=O)O)cn(-c2ccc3c(c2)C(C)(O)C(=O)N3C)c1=O. The number of nitrogens with zero attached hydrogens (tertiary/aromatic N) is 3. The van der Waals surface area contributed by atoms with E-state index in [1.165, 1.54) is 31.0 Å². The van der Waals surface area contributed by atoms with Gasteiger partial charge in [0.2, 0.25) is 0 Å². The van der Waals surface area contributed by atoms with Crippen molar-refractivity contribution in [3.8, 4) is 5.69 Å². The Kier molecular flexibility index (Phi) is 3.84. The Labute approximate surface area is 147 Å². The molecule has 1 unspecified atom stereocenters. The second-order valence-corrected chi connectivity index (χ2v) is 6.19. The lowest BCUT2D eigenvalue weighted by atomic mass is 9.97. The predicted molar refractivity (Wildman–Crippen MR) is 91.9 cm³/mol. The van der Waals surface area contributed by atoms with Crippen LogP contribution in [0.4, 0.5) is 5.69 Å². The standard InChI is InChI=1S/C17H17N3O6/c1-4-19-13(21)10(14(22)23)8-20(16(19)25)9-5-6-12-11(7-9)17(2,26)15(24)18(12)3/h5-8,26H,4H2,1-3H3,(H,22,23). The van der Waals surface area contributed by atoms with Gasteiger partial charge >= 0.3 is 11.7 Å². The van der Waals surface area contributed by atoms with Crippen molar-refractivity contribution in [1.82, 2.24) is 9.13 Å². The maximum atomic E-state index is 12.6. The summed E-state index contributed by atoms with van der Waals surface area (Å²) in [5.41, 5.74) is -2.89. The number of rotatable bonds is 3.